The lowest BCUT2D eigenvalue weighted by Crippen LogP contribution is -2.53. The molecule has 1 saturated heterocycles. The van der Waals surface area contributed by atoms with Crippen LogP contribution < -0.4 is 5.73 Å². The van der Waals surface area contributed by atoms with Crippen molar-refractivity contribution in [3.8, 4) is 0 Å². The molecule has 0 spiro atoms. The van der Waals surface area contributed by atoms with Gasteiger partial charge in [-0.25, -0.2) is 8.42 Å². The van der Waals surface area contributed by atoms with Crippen molar-refractivity contribution in [1.82, 2.24) is 4.90 Å². The van der Waals surface area contributed by atoms with Crippen LogP contribution in [0, 0.1) is 11.3 Å². The van der Waals surface area contributed by atoms with Crippen LogP contribution in [0.5, 0.6) is 0 Å². The van der Waals surface area contributed by atoms with Crippen molar-refractivity contribution in [3.63, 3.8) is 0 Å². The smallest absolute Gasteiger partial charge is 0.230 e. The Morgan fingerprint density at radius 1 is 1.26 bits per heavy atom. The third kappa shape index (κ3) is 3.11. The second kappa shape index (κ2) is 5.40. The van der Waals surface area contributed by atoms with Gasteiger partial charge in [-0.2, -0.15) is 0 Å². The van der Waals surface area contributed by atoms with Crippen LogP contribution in [0.3, 0.4) is 0 Å². The van der Waals surface area contributed by atoms with Crippen LogP contribution in [0.25, 0.3) is 0 Å². The molecule has 0 unspecified atom stereocenters. The third-order valence-corrected chi connectivity index (χ3v) is 6.32. The molecule has 1 saturated carbocycles. The molecule has 6 heteroatoms. The van der Waals surface area contributed by atoms with E-state index in [1.54, 1.807) is 4.90 Å². The standard InChI is InChI=1S/C13H24N2O3S/c1-11-2-4-13(10-14,5-3-11)12(16)15-6-8-19(17,18)9-7-15/h11H,2-10,14H2,1H3. The van der Waals surface area contributed by atoms with Gasteiger partial charge >= 0.3 is 0 Å². The summed E-state index contributed by atoms with van der Waals surface area (Å²) in [5.41, 5.74) is 5.44. The summed E-state index contributed by atoms with van der Waals surface area (Å²) in [4.78, 5) is 14.4. The molecule has 1 heterocycles. The van der Waals surface area contributed by atoms with E-state index in [1.807, 2.05) is 0 Å². The van der Waals surface area contributed by atoms with Crippen molar-refractivity contribution in [2.24, 2.45) is 17.1 Å². The SMILES string of the molecule is CC1CCC(CN)(C(=O)N2CCS(=O)(=O)CC2)CC1. The summed E-state index contributed by atoms with van der Waals surface area (Å²) in [5.74, 6) is 0.928. The van der Waals surface area contributed by atoms with Gasteiger partial charge in [-0.15, -0.1) is 0 Å². The number of hydrogen-bond acceptors (Lipinski definition) is 4. The molecule has 1 amide bonds. The highest BCUT2D eigenvalue weighted by Gasteiger charge is 2.43. The maximum absolute atomic E-state index is 12.7. The Bertz CT molecular complexity index is 425. The summed E-state index contributed by atoms with van der Waals surface area (Å²) >= 11 is 0. The quantitative estimate of drug-likeness (QED) is 0.797. The van der Waals surface area contributed by atoms with Gasteiger partial charge in [-0.3, -0.25) is 4.79 Å². The molecule has 19 heavy (non-hydrogen) atoms. The van der Waals surface area contributed by atoms with E-state index in [-0.39, 0.29) is 17.4 Å². The van der Waals surface area contributed by atoms with Crippen LogP contribution in [0.4, 0.5) is 0 Å². The molecule has 0 aromatic rings. The van der Waals surface area contributed by atoms with E-state index in [2.05, 4.69) is 6.92 Å². The Morgan fingerprint density at radius 2 is 1.79 bits per heavy atom. The Kier molecular flexibility index (Phi) is 4.20. The van der Waals surface area contributed by atoms with Crippen LogP contribution in [-0.2, 0) is 14.6 Å². The average Bonchev–Trinajstić information content (AvgIpc) is 2.39. The molecule has 2 rings (SSSR count). The predicted molar refractivity (Wildman–Crippen MR) is 74.4 cm³/mol. The van der Waals surface area contributed by atoms with Crippen molar-refractivity contribution in [3.05, 3.63) is 0 Å². The normalized spacial score (nSPS) is 35.1. The minimum atomic E-state index is -2.94. The number of carbonyl (C=O) groups excluding carboxylic acids is 1. The molecule has 0 aromatic carbocycles. The molecule has 0 aromatic heterocycles. The fourth-order valence-corrected chi connectivity index (χ4v) is 4.27. The summed E-state index contributed by atoms with van der Waals surface area (Å²) in [6.07, 6.45) is 3.75. The lowest BCUT2D eigenvalue weighted by Gasteiger charge is -2.41. The van der Waals surface area contributed by atoms with E-state index >= 15 is 0 Å². The third-order valence-electron chi connectivity index (χ3n) is 4.71. The minimum Gasteiger partial charge on any atom is -0.340 e. The predicted octanol–water partition coefficient (Wildman–Crippen LogP) is 0.399. The minimum absolute atomic E-state index is 0.0804. The largest absolute Gasteiger partial charge is 0.340 e. The lowest BCUT2D eigenvalue weighted by atomic mass is 9.70. The Balaban J connectivity index is 2.05. The second-order valence-electron chi connectivity index (χ2n) is 6.11. The van der Waals surface area contributed by atoms with Crippen molar-refractivity contribution in [1.29, 1.82) is 0 Å². The summed E-state index contributed by atoms with van der Waals surface area (Å²) in [6.45, 7) is 3.25. The van der Waals surface area contributed by atoms with E-state index in [0.29, 0.717) is 25.6 Å². The molecule has 5 nitrogen and oxygen atoms in total. The second-order valence-corrected chi connectivity index (χ2v) is 8.41. The topological polar surface area (TPSA) is 80.5 Å². The Morgan fingerprint density at radius 3 is 2.26 bits per heavy atom. The average molecular weight is 288 g/mol. The summed E-state index contributed by atoms with van der Waals surface area (Å²) in [7, 11) is -2.94. The first-order valence-corrected chi connectivity index (χ1v) is 8.90. The van der Waals surface area contributed by atoms with Crippen molar-refractivity contribution in [2.45, 2.75) is 32.6 Å². The van der Waals surface area contributed by atoms with Crippen LogP contribution >= 0.6 is 0 Å². The van der Waals surface area contributed by atoms with Crippen molar-refractivity contribution >= 4 is 15.7 Å². The fraction of sp³-hybridized carbons (Fsp3) is 0.923. The van der Waals surface area contributed by atoms with Crippen LogP contribution in [-0.4, -0.2) is 50.4 Å². The lowest BCUT2D eigenvalue weighted by molar-refractivity contribution is -0.143. The number of nitrogens with two attached hydrogens (primary N) is 1. The molecule has 110 valence electrons. The van der Waals surface area contributed by atoms with E-state index in [0.717, 1.165) is 25.7 Å². The maximum Gasteiger partial charge on any atom is 0.230 e. The molecule has 0 bridgehead atoms. The summed E-state index contributed by atoms with van der Waals surface area (Å²) in [5, 5.41) is 0. The van der Waals surface area contributed by atoms with Crippen molar-refractivity contribution < 1.29 is 13.2 Å². The van der Waals surface area contributed by atoms with E-state index < -0.39 is 15.3 Å². The molecule has 1 aliphatic heterocycles. The molecule has 2 fully saturated rings. The van der Waals surface area contributed by atoms with E-state index in [1.165, 1.54) is 0 Å². The van der Waals surface area contributed by atoms with Gasteiger partial charge in [-0.1, -0.05) is 6.92 Å². The van der Waals surface area contributed by atoms with Gasteiger partial charge in [0.2, 0.25) is 5.91 Å². The van der Waals surface area contributed by atoms with Gasteiger partial charge in [0.15, 0.2) is 9.84 Å². The number of sulfone groups is 1. The highest BCUT2D eigenvalue weighted by Crippen LogP contribution is 2.39. The number of nitrogens with zero attached hydrogens (tertiary/aromatic N) is 1. The molecule has 0 atom stereocenters. The summed E-state index contributed by atoms with van der Waals surface area (Å²) in [6, 6.07) is 0. The maximum atomic E-state index is 12.7. The monoisotopic (exact) mass is 288 g/mol. The molecular weight excluding hydrogens is 264 g/mol. The van der Waals surface area contributed by atoms with Crippen LogP contribution in [0.2, 0.25) is 0 Å². The molecule has 1 aliphatic carbocycles. The number of rotatable bonds is 2. The van der Waals surface area contributed by atoms with Gasteiger partial charge in [0.05, 0.1) is 16.9 Å². The van der Waals surface area contributed by atoms with Crippen molar-refractivity contribution in [2.75, 3.05) is 31.1 Å². The Labute approximate surface area is 115 Å². The zero-order valence-corrected chi connectivity index (χ0v) is 12.4. The first-order chi connectivity index (χ1) is 8.88. The highest BCUT2D eigenvalue weighted by molar-refractivity contribution is 7.91. The first-order valence-electron chi connectivity index (χ1n) is 7.08. The zero-order chi connectivity index (χ0) is 14.1. The van der Waals surface area contributed by atoms with Crippen LogP contribution in [0.1, 0.15) is 32.6 Å². The molecule has 2 aliphatic rings. The zero-order valence-electron chi connectivity index (χ0n) is 11.6. The van der Waals surface area contributed by atoms with E-state index in [4.69, 9.17) is 5.73 Å². The number of hydrogen-bond donors (Lipinski definition) is 1. The number of amides is 1. The highest BCUT2D eigenvalue weighted by atomic mass is 32.2. The van der Waals surface area contributed by atoms with Crippen LogP contribution in [0.15, 0.2) is 0 Å². The molecular formula is C13H24N2O3S. The summed E-state index contributed by atoms with van der Waals surface area (Å²) < 4.78 is 22.8. The van der Waals surface area contributed by atoms with Gasteiger partial charge in [-0.05, 0) is 31.6 Å². The van der Waals surface area contributed by atoms with E-state index in [9.17, 15) is 13.2 Å². The number of carbonyl (C=O) groups is 1. The van der Waals surface area contributed by atoms with Gasteiger partial charge in [0.25, 0.3) is 0 Å². The molecule has 2 N–H and O–H groups in total. The fourth-order valence-electron chi connectivity index (χ4n) is 3.07. The first kappa shape index (κ1) is 14.8. The molecule has 0 radical (unpaired) electrons. The Hall–Kier alpha value is -0.620. The van der Waals surface area contributed by atoms with Gasteiger partial charge < -0.3 is 10.6 Å². The van der Waals surface area contributed by atoms with Gasteiger partial charge in [0.1, 0.15) is 0 Å². The van der Waals surface area contributed by atoms with Gasteiger partial charge in [0, 0.05) is 19.6 Å².